The van der Waals surface area contributed by atoms with E-state index in [0.29, 0.717) is 36.7 Å². The van der Waals surface area contributed by atoms with Crippen molar-refractivity contribution in [2.45, 2.75) is 55.1 Å². The van der Waals surface area contributed by atoms with Crippen molar-refractivity contribution in [3.63, 3.8) is 0 Å². The van der Waals surface area contributed by atoms with Gasteiger partial charge in [0.25, 0.3) is 5.91 Å². The maximum Gasteiger partial charge on any atom is 0.434 e. The summed E-state index contributed by atoms with van der Waals surface area (Å²) in [6.07, 6.45) is 3.31. The van der Waals surface area contributed by atoms with Gasteiger partial charge >= 0.3 is 6.18 Å². The highest BCUT2D eigenvalue weighted by molar-refractivity contribution is 7.98. The number of carbonyl (C=O) groups excluding carboxylic acids is 2. The van der Waals surface area contributed by atoms with Crippen LogP contribution >= 0.6 is 11.8 Å². The summed E-state index contributed by atoms with van der Waals surface area (Å²) in [7, 11) is 0. The van der Waals surface area contributed by atoms with Crippen LogP contribution in [0, 0.1) is 0 Å². The van der Waals surface area contributed by atoms with E-state index in [-0.39, 0.29) is 35.2 Å². The van der Waals surface area contributed by atoms with Gasteiger partial charge in [0, 0.05) is 49.1 Å². The zero-order chi connectivity index (χ0) is 29.8. The number of aromatic hydroxyl groups is 1. The Labute approximate surface area is 245 Å². The summed E-state index contributed by atoms with van der Waals surface area (Å²) in [5.74, 6) is -0.160. The molecule has 0 bridgehead atoms. The number of benzene rings is 1. The lowest BCUT2D eigenvalue weighted by atomic mass is 9.80. The largest absolute Gasteiger partial charge is 0.506 e. The van der Waals surface area contributed by atoms with Crippen molar-refractivity contribution >= 4 is 23.6 Å². The van der Waals surface area contributed by atoms with Crippen LogP contribution in [0.4, 0.5) is 13.2 Å². The summed E-state index contributed by atoms with van der Waals surface area (Å²) in [6.45, 7) is 4.39. The molecule has 1 aromatic carbocycles. The van der Waals surface area contributed by atoms with Crippen LogP contribution in [0.3, 0.4) is 0 Å². The van der Waals surface area contributed by atoms with E-state index in [0.717, 1.165) is 47.6 Å². The zero-order valence-electron chi connectivity index (χ0n) is 23.0. The number of hydrogen-bond donors (Lipinski definition) is 1. The SMILES string of the molecule is C=CC(=O)N1CCc2nn(-c3ccc(C4CCC4)cc3O)c3c2C(C1)N(C(=O)c1cnc(C(F)(F)F)c(SC)c1)CC3. The number of rotatable bonds is 5. The molecule has 2 aliphatic heterocycles. The Morgan fingerprint density at radius 1 is 1.17 bits per heavy atom. The molecule has 1 N–H and O–H groups in total. The molecule has 42 heavy (non-hydrogen) atoms. The van der Waals surface area contributed by atoms with Crippen LogP contribution in [0.15, 0.2) is 48.0 Å². The van der Waals surface area contributed by atoms with E-state index in [1.807, 2.05) is 12.1 Å². The van der Waals surface area contributed by atoms with Crippen molar-refractivity contribution < 1.29 is 27.9 Å². The molecular formula is C30H30F3N5O3S. The zero-order valence-corrected chi connectivity index (χ0v) is 23.8. The molecule has 3 aliphatic rings. The van der Waals surface area contributed by atoms with Gasteiger partial charge in [-0.25, -0.2) is 9.67 Å². The maximum atomic E-state index is 13.9. The van der Waals surface area contributed by atoms with Crippen molar-refractivity contribution in [2.24, 2.45) is 0 Å². The molecule has 1 saturated carbocycles. The number of thioether (sulfide) groups is 1. The number of amides is 2. The fraction of sp³-hybridized carbons (Fsp3) is 0.400. The minimum atomic E-state index is -4.64. The summed E-state index contributed by atoms with van der Waals surface area (Å²) in [6, 6.07) is 6.35. The Morgan fingerprint density at radius 2 is 1.95 bits per heavy atom. The minimum absolute atomic E-state index is 0.0415. The van der Waals surface area contributed by atoms with Gasteiger partial charge in [0.05, 0.1) is 23.0 Å². The first-order valence-corrected chi connectivity index (χ1v) is 15.1. The lowest BCUT2D eigenvalue weighted by Gasteiger charge is -2.38. The molecule has 1 atom stereocenters. The molecule has 8 nitrogen and oxygen atoms in total. The predicted octanol–water partition coefficient (Wildman–Crippen LogP) is 5.29. The lowest BCUT2D eigenvalue weighted by molar-refractivity contribution is -0.143. The summed E-state index contributed by atoms with van der Waals surface area (Å²) in [5.41, 5.74) is 3.03. The molecule has 220 valence electrons. The Balaban J connectivity index is 1.40. The van der Waals surface area contributed by atoms with Gasteiger partial charge in [-0.2, -0.15) is 18.3 Å². The summed E-state index contributed by atoms with van der Waals surface area (Å²) >= 11 is 0.876. The number of nitrogens with zero attached hydrogens (tertiary/aromatic N) is 5. The van der Waals surface area contributed by atoms with E-state index in [2.05, 4.69) is 11.6 Å². The molecule has 3 aromatic rings. The van der Waals surface area contributed by atoms with E-state index in [1.165, 1.54) is 24.8 Å². The van der Waals surface area contributed by atoms with Crippen molar-refractivity contribution in [3.05, 3.63) is 76.9 Å². The topological polar surface area (TPSA) is 91.6 Å². The Morgan fingerprint density at radius 3 is 2.60 bits per heavy atom. The van der Waals surface area contributed by atoms with Crippen LogP contribution in [-0.2, 0) is 23.8 Å². The van der Waals surface area contributed by atoms with Crippen LogP contribution < -0.4 is 0 Å². The van der Waals surface area contributed by atoms with E-state index >= 15 is 0 Å². The molecule has 2 aromatic heterocycles. The fourth-order valence-corrected chi connectivity index (χ4v) is 6.78. The highest BCUT2D eigenvalue weighted by Gasteiger charge is 2.41. The minimum Gasteiger partial charge on any atom is -0.506 e. The number of hydrogen-bond acceptors (Lipinski definition) is 6. The number of pyridine rings is 1. The number of alkyl halides is 3. The van der Waals surface area contributed by atoms with Gasteiger partial charge < -0.3 is 14.9 Å². The molecule has 2 amide bonds. The monoisotopic (exact) mass is 597 g/mol. The predicted molar refractivity (Wildman–Crippen MR) is 151 cm³/mol. The van der Waals surface area contributed by atoms with Gasteiger partial charge in [-0.05, 0) is 54.9 Å². The van der Waals surface area contributed by atoms with Crippen molar-refractivity contribution in [1.29, 1.82) is 0 Å². The standard InChI is InChI=1S/C30H30F3N5O3S/c1-3-26(40)36-11-9-20-27-22(38(35-20)21-8-7-18(13-24(21)39)17-5-4-6-17)10-12-37(23(27)16-36)29(41)19-14-25(42-2)28(34-15-19)30(31,32)33/h3,7-8,13-15,17,23,39H,1,4-6,9-12,16H2,2H3. The number of phenols is 1. The van der Waals surface area contributed by atoms with Gasteiger partial charge in [0.2, 0.25) is 5.91 Å². The normalized spacial score (nSPS) is 18.7. The van der Waals surface area contributed by atoms with Gasteiger partial charge in [0.1, 0.15) is 11.4 Å². The van der Waals surface area contributed by atoms with Crippen LogP contribution in [0.2, 0.25) is 0 Å². The second-order valence-electron chi connectivity index (χ2n) is 10.9. The van der Waals surface area contributed by atoms with Gasteiger partial charge in [0.15, 0.2) is 5.69 Å². The van der Waals surface area contributed by atoms with Gasteiger partial charge in [-0.15, -0.1) is 11.8 Å². The molecule has 0 radical (unpaired) electrons. The Hall–Kier alpha value is -3.80. The first-order chi connectivity index (χ1) is 20.1. The maximum absolute atomic E-state index is 13.9. The lowest BCUT2D eigenvalue weighted by Crippen LogP contribution is -2.46. The average molecular weight is 598 g/mol. The van der Waals surface area contributed by atoms with Crippen molar-refractivity contribution in [3.8, 4) is 11.4 Å². The third-order valence-corrected chi connectivity index (χ3v) is 9.30. The van der Waals surface area contributed by atoms with Crippen molar-refractivity contribution in [2.75, 3.05) is 25.9 Å². The van der Waals surface area contributed by atoms with Crippen LogP contribution in [0.5, 0.6) is 5.75 Å². The molecule has 12 heteroatoms. The third-order valence-electron chi connectivity index (χ3n) is 8.55. The molecular weight excluding hydrogens is 567 g/mol. The Bertz CT molecular complexity index is 1580. The smallest absolute Gasteiger partial charge is 0.434 e. The van der Waals surface area contributed by atoms with Crippen LogP contribution in [-0.4, -0.2) is 67.4 Å². The highest BCUT2D eigenvalue weighted by Crippen LogP contribution is 2.42. The molecule has 6 rings (SSSR count). The summed E-state index contributed by atoms with van der Waals surface area (Å²) < 4.78 is 42.1. The van der Waals surface area contributed by atoms with Gasteiger partial charge in [-0.1, -0.05) is 19.1 Å². The van der Waals surface area contributed by atoms with E-state index in [4.69, 9.17) is 5.10 Å². The highest BCUT2D eigenvalue weighted by atomic mass is 32.2. The second-order valence-corrected chi connectivity index (χ2v) is 11.7. The number of carbonyl (C=O) groups is 2. The second kappa shape index (κ2) is 10.8. The molecule has 1 unspecified atom stereocenters. The van der Waals surface area contributed by atoms with E-state index < -0.39 is 23.8 Å². The summed E-state index contributed by atoms with van der Waals surface area (Å²) in [4.78, 5) is 33.2. The average Bonchev–Trinajstić information content (AvgIpc) is 3.19. The third kappa shape index (κ3) is 4.85. The number of aromatic nitrogens is 3. The molecule has 1 fully saturated rings. The van der Waals surface area contributed by atoms with Gasteiger partial charge in [-0.3, -0.25) is 9.59 Å². The molecule has 4 heterocycles. The first-order valence-electron chi connectivity index (χ1n) is 13.9. The van der Waals surface area contributed by atoms with E-state index in [9.17, 15) is 27.9 Å². The fourth-order valence-electron chi connectivity index (χ4n) is 6.18. The number of halogens is 3. The number of phenolic OH excluding ortho intramolecular Hbond substituents is 1. The molecule has 1 aliphatic carbocycles. The van der Waals surface area contributed by atoms with Crippen LogP contribution in [0.25, 0.3) is 5.69 Å². The Kier molecular flexibility index (Phi) is 7.28. The van der Waals surface area contributed by atoms with E-state index in [1.54, 1.807) is 20.5 Å². The molecule has 0 spiro atoms. The summed E-state index contributed by atoms with van der Waals surface area (Å²) in [5, 5.41) is 15.9. The quantitative estimate of drug-likeness (QED) is 0.318. The van der Waals surface area contributed by atoms with Crippen molar-refractivity contribution in [1.82, 2.24) is 24.6 Å². The molecule has 0 saturated heterocycles. The van der Waals surface area contributed by atoms with Crippen LogP contribution in [0.1, 0.15) is 69.8 Å². The first kappa shape index (κ1) is 28.3.